The standard InChI is InChI=1S/C7H8/c1-3-5-7-6-4-2/h1H,5,7H2,2H3. The third kappa shape index (κ3) is 5.12. The molecule has 0 rings (SSSR count). The van der Waals surface area contributed by atoms with Crippen molar-refractivity contribution >= 4 is 0 Å². The van der Waals surface area contributed by atoms with Gasteiger partial charge in [-0.2, -0.15) is 0 Å². The molecule has 0 aliphatic carbocycles. The summed E-state index contributed by atoms with van der Waals surface area (Å²) in [6, 6.07) is 0. The number of hydrogen-bond donors (Lipinski definition) is 0. The van der Waals surface area contributed by atoms with Crippen LogP contribution in [0.1, 0.15) is 19.8 Å². The monoisotopic (exact) mass is 92.1 g/mol. The van der Waals surface area contributed by atoms with Crippen LogP contribution in [0.15, 0.2) is 0 Å². The zero-order chi connectivity index (χ0) is 5.54. The van der Waals surface area contributed by atoms with Crippen LogP contribution >= 0.6 is 0 Å². The quantitative estimate of drug-likeness (QED) is 0.339. The highest BCUT2D eigenvalue weighted by atomic mass is 13.7. The van der Waals surface area contributed by atoms with Gasteiger partial charge >= 0.3 is 0 Å². The minimum absolute atomic E-state index is 0.779. The maximum Gasteiger partial charge on any atom is 0.0198 e. The first-order valence-corrected chi connectivity index (χ1v) is 2.25. The second-order valence-electron chi connectivity index (χ2n) is 1.13. The topological polar surface area (TPSA) is 0 Å². The summed E-state index contributed by atoms with van der Waals surface area (Å²) in [6.07, 6.45) is 6.57. The third-order valence-electron chi connectivity index (χ3n) is 0.571. The van der Waals surface area contributed by atoms with Gasteiger partial charge in [-0.15, -0.1) is 24.2 Å². The molecule has 0 aliphatic rings. The zero-order valence-corrected chi connectivity index (χ0v) is 4.49. The van der Waals surface area contributed by atoms with E-state index in [9.17, 15) is 0 Å². The highest BCUT2D eigenvalue weighted by molar-refractivity contribution is 4.98. The molecule has 0 nitrogen and oxygen atoms in total. The van der Waals surface area contributed by atoms with Crippen molar-refractivity contribution in [2.24, 2.45) is 0 Å². The fraction of sp³-hybridized carbons (Fsp3) is 0.429. The van der Waals surface area contributed by atoms with E-state index in [4.69, 9.17) is 6.42 Å². The van der Waals surface area contributed by atoms with E-state index < -0.39 is 0 Å². The highest BCUT2D eigenvalue weighted by Crippen LogP contribution is 1.79. The number of rotatable bonds is 1. The SMILES string of the molecule is C#CCCC#CC. The van der Waals surface area contributed by atoms with Gasteiger partial charge in [0.25, 0.3) is 0 Å². The Morgan fingerprint density at radius 2 is 2.14 bits per heavy atom. The van der Waals surface area contributed by atoms with Crippen LogP contribution in [0.2, 0.25) is 0 Å². The molecular weight excluding hydrogens is 84.1 g/mol. The molecule has 0 heteroatoms. The Morgan fingerprint density at radius 1 is 1.43 bits per heavy atom. The van der Waals surface area contributed by atoms with Gasteiger partial charge in [0.1, 0.15) is 0 Å². The molecule has 0 unspecified atom stereocenters. The molecule has 36 valence electrons. The van der Waals surface area contributed by atoms with Crippen LogP contribution < -0.4 is 0 Å². The van der Waals surface area contributed by atoms with Gasteiger partial charge in [-0.3, -0.25) is 0 Å². The molecule has 0 aliphatic heterocycles. The van der Waals surface area contributed by atoms with E-state index in [-0.39, 0.29) is 0 Å². The normalized spacial score (nSPS) is 5.71. The van der Waals surface area contributed by atoms with Crippen molar-refractivity contribution in [3.63, 3.8) is 0 Å². The second-order valence-corrected chi connectivity index (χ2v) is 1.13. The van der Waals surface area contributed by atoms with Crippen LogP contribution in [0.3, 0.4) is 0 Å². The molecule has 0 N–H and O–H groups in total. The molecular formula is C7H8. The van der Waals surface area contributed by atoms with E-state index in [2.05, 4.69) is 17.8 Å². The maximum absolute atomic E-state index is 4.95. The molecule has 0 atom stereocenters. The Labute approximate surface area is 44.9 Å². The fourth-order valence-corrected chi connectivity index (χ4v) is 0.260. The lowest BCUT2D eigenvalue weighted by molar-refractivity contribution is 1.12. The maximum atomic E-state index is 4.95. The van der Waals surface area contributed by atoms with Crippen LogP contribution in [0.25, 0.3) is 0 Å². The first-order valence-electron chi connectivity index (χ1n) is 2.25. The largest absolute Gasteiger partial charge is 0.120 e. The van der Waals surface area contributed by atoms with E-state index in [0.717, 1.165) is 12.8 Å². The first kappa shape index (κ1) is 6.12. The van der Waals surface area contributed by atoms with Gasteiger partial charge in [0.05, 0.1) is 0 Å². The average molecular weight is 92.1 g/mol. The average Bonchev–Trinajstić information content (AvgIpc) is 1.69. The third-order valence-corrected chi connectivity index (χ3v) is 0.571. The van der Waals surface area contributed by atoms with Crippen molar-refractivity contribution in [2.45, 2.75) is 19.8 Å². The van der Waals surface area contributed by atoms with Gasteiger partial charge < -0.3 is 0 Å². The molecule has 0 aromatic heterocycles. The predicted molar refractivity (Wildman–Crippen MR) is 31.5 cm³/mol. The van der Waals surface area contributed by atoms with Gasteiger partial charge in [-0.1, -0.05) is 0 Å². The Balaban J connectivity index is 2.98. The Bertz CT molecular complexity index is 115. The van der Waals surface area contributed by atoms with Gasteiger partial charge in [0.2, 0.25) is 0 Å². The van der Waals surface area contributed by atoms with Crippen LogP contribution in [0.5, 0.6) is 0 Å². The lowest BCUT2D eigenvalue weighted by Gasteiger charge is -1.72. The predicted octanol–water partition coefficient (Wildman–Crippen LogP) is 1.42. The van der Waals surface area contributed by atoms with E-state index in [1.807, 2.05) is 6.92 Å². The number of terminal acetylenes is 1. The van der Waals surface area contributed by atoms with E-state index >= 15 is 0 Å². The molecule has 0 aromatic carbocycles. The van der Waals surface area contributed by atoms with Crippen LogP contribution in [-0.4, -0.2) is 0 Å². The molecule has 0 spiro atoms. The summed E-state index contributed by atoms with van der Waals surface area (Å²) in [7, 11) is 0. The number of hydrogen-bond acceptors (Lipinski definition) is 0. The summed E-state index contributed by atoms with van der Waals surface area (Å²) >= 11 is 0. The van der Waals surface area contributed by atoms with Gasteiger partial charge in [-0.05, 0) is 6.92 Å². The summed E-state index contributed by atoms with van der Waals surface area (Å²) in [5.74, 6) is 8.11. The Kier molecular flexibility index (Phi) is 4.48. The van der Waals surface area contributed by atoms with Crippen molar-refractivity contribution in [3.05, 3.63) is 0 Å². The lowest BCUT2D eigenvalue weighted by Crippen LogP contribution is -1.60. The molecule has 0 amide bonds. The lowest BCUT2D eigenvalue weighted by atomic mass is 10.3. The molecule has 0 saturated heterocycles. The molecule has 0 aromatic rings. The Hall–Kier alpha value is -0.880. The summed E-state index contributed by atoms with van der Waals surface area (Å²) in [5, 5.41) is 0. The Morgan fingerprint density at radius 3 is 2.57 bits per heavy atom. The van der Waals surface area contributed by atoms with Crippen molar-refractivity contribution in [1.29, 1.82) is 0 Å². The summed E-state index contributed by atoms with van der Waals surface area (Å²) in [4.78, 5) is 0. The van der Waals surface area contributed by atoms with Crippen molar-refractivity contribution in [3.8, 4) is 24.2 Å². The molecule has 0 saturated carbocycles. The summed E-state index contributed by atoms with van der Waals surface area (Å²) < 4.78 is 0. The minimum atomic E-state index is 0.779. The van der Waals surface area contributed by atoms with Crippen molar-refractivity contribution in [2.75, 3.05) is 0 Å². The summed E-state index contributed by atoms with van der Waals surface area (Å²) in [5.41, 5.74) is 0. The molecule has 0 heterocycles. The second kappa shape index (κ2) is 5.12. The van der Waals surface area contributed by atoms with Crippen LogP contribution in [-0.2, 0) is 0 Å². The first-order chi connectivity index (χ1) is 3.41. The smallest absolute Gasteiger partial charge is 0.0198 e. The van der Waals surface area contributed by atoms with Gasteiger partial charge in [-0.25, -0.2) is 0 Å². The summed E-state index contributed by atoms with van der Waals surface area (Å²) in [6.45, 7) is 1.82. The van der Waals surface area contributed by atoms with E-state index in [1.165, 1.54) is 0 Å². The highest BCUT2D eigenvalue weighted by Gasteiger charge is 1.67. The minimum Gasteiger partial charge on any atom is -0.120 e. The molecule has 0 radical (unpaired) electrons. The van der Waals surface area contributed by atoms with E-state index in [0.29, 0.717) is 0 Å². The van der Waals surface area contributed by atoms with Gasteiger partial charge in [0, 0.05) is 12.8 Å². The molecule has 0 fully saturated rings. The zero-order valence-electron chi connectivity index (χ0n) is 4.49. The number of unbranched alkanes of at least 4 members (excludes halogenated alkanes) is 1. The molecule has 0 bridgehead atoms. The van der Waals surface area contributed by atoms with Crippen molar-refractivity contribution in [1.82, 2.24) is 0 Å². The van der Waals surface area contributed by atoms with Crippen LogP contribution in [0, 0.1) is 24.2 Å². The van der Waals surface area contributed by atoms with Gasteiger partial charge in [0.15, 0.2) is 0 Å². The van der Waals surface area contributed by atoms with Crippen LogP contribution in [0.4, 0.5) is 0 Å². The van der Waals surface area contributed by atoms with Crippen molar-refractivity contribution < 1.29 is 0 Å². The fourth-order valence-electron chi connectivity index (χ4n) is 0.260. The molecule has 7 heavy (non-hydrogen) atoms. The van der Waals surface area contributed by atoms with E-state index in [1.54, 1.807) is 0 Å².